The Labute approximate surface area is 119 Å². The largest absolute Gasteiger partial charge is 0.475 e. The molecule has 0 radical (unpaired) electrons. The molecule has 4 heteroatoms. The van der Waals surface area contributed by atoms with E-state index in [9.17, 15) is 10.1 Å². The third-order valence-electron chi connectivity index (χ3n) is 2.87. The van der Waals surface area contributed by atoms with Crippen LogP contribution in [0.5, 0.6) is 5.75 Å². The molecule has 1 aromatic rings. The summed E-state index contributed by atoms with van der Waals surface area (Å²) < 4.78 is 5.78. The van der Waals surface area contributed by atoms with Gasteiger partial charge in [-0.2, -0.15) is 0 Å². The first-order valence-electron chi connectivity index (χ1n) is 6.41. The first-order chi connectivity index (χ1) is 9.36. The fraction of sp³-hybridized carbons (Fsp3) is 0.375. The van der Waals surface area contributed by atoms with Crippen LogP contribution in [0.3, 0.4) is 0 Å². The molecule has 1 rings (SSSR count). The van der Waals surface area contributed by atoms with Crippen LogP contribution in [0.2, 0.25) is 0 Å². The van der Waals surface area contributed by atoms with Gasteiger partial charge in [-0.25, -0.2) is 0 Å². The second kappa shape index (κ2) is 6.76. The minimum absolute atomic E-state index is 0.0318. The molecule has 20 heavy (non-hydrogen) atoms. The first kappa shape index (κ1) is 15.8. The molecule has 0 aliphatic rings. The van der Waals surface area contributed by atoms with E-state index in [4.69, 9.17) is 11.2 Å². The van der Waals surface area contributed by atoms with Crippen molar-refractivity contribution in [2.45, 2.75) is 39.2 Å². The monoisotopic (exact) mass is 273 g/mol. The Morgan fingerprint density at radius 1 is 1.45 bits per heavy atom. The second-order valence-corrected chi connectivity index (χ2v) is 5.05. The van der Waals surface area contributed by atoms with Crippen molar-refractivity contribution in [3.05, 3.63) is 46.0 Å². The molecule has 0 aliphatic carbocycles. The number of nitrogens with zero attached hydrogens (tertiary/aromatic N) is 1. The number of hydrogen-bond acceptors (Lipinski definition) is 3. The van der Waals surface area contributed by atoms with Gasteiger partial charge in [-0.15, -0.1) is 6.42 Å². The summed E-state index contributed by atoms with van der Waals surface area (Å²) in [6.45, 7) is 5.90. The highest BCUT2D eigenvalue weighted by Crippen LogP contribution is 2.24. The Morgan fingerprint density at radius 3 is 2.50 bits per heavy atom. The van der Waals surface area contributed by atoms with Gasteiger partial charge < -0.3 is 4.74 Å². The van der Waals surface area contributed by atoms with Gasteiger partial charge in [0.1, 0.15) is 5.75 Å². The fourth-order valence-corrected chi connectivity index (χ4v) is 1.68. The lowest BCUT2D eigenvalue weighted by Gasteiger charge is -2.25. The lowest BCUT2D eigenvalue weighted by Crippen LogP contribution is -2.30. The zero-order valence-electron chi connectivity index (χ0n) is 12.1. The van der Waals surface area contributed by atoms with Crippen molar-refractivity contribution in [1.29, 1.82) is 0 Å². The van der Waals surface area contributed by atoms with Crippen LogP contribution in [-0.2, 0) is 0 Å². The van der Waals surface area contributed by atoms with Crippen molar-refractivity contribution in [2.24, 2.45) is 0 Å². The minimum Gasteiger partial charge on any atom is -0.475 e. The quantitative estimate of drug-likeness (QED) is 0.339. The van der Waals surface area contributed by atoms with E-state index in [2.05, 4.69) is 12.0 Å². The highest BCUT2D eigenvalue weighted by molar-refractivity contribution is 5.36. The Balaban J connectivity index is 2.74. The van der Waals surface area contributed by atoms with Crippen molar-refractivity contribution < 1.29 is 9.66 Å². The van der Waals surface area contributed by atoms with Crippen molar-refractivity contribution in [2.75, 3.05) is 0 Å². The molecule has 1 aromatic carbocycles. The number of allylic oxidation sites excluding steroid dienone is 2. The van der Waals surface area contributed by atoms with Gasteiger partial charge in [-0.3, -0.25) is 10.1 Å². The predicted molar refractivity (Wildman–Crippen MR) is 79.6 cm³/mol. The van der Waals surface area contributed by atoms with Crippen LogP contribution in [0.1, 0.15) is 33.6 Å². The average molecular weight is 273 g/mol. The van der Waals surface area contributed by atoms with Gasteiger partial charge in [0.25, 0.3) is 5.69 Å². The van der Waals surface area contributed by atoms with Crippen LogP contribution in [0.25, 0.3) is 0 Å². The first-order valence-corrected chi connectivity index (χ1v) is 6.41. The molecule has 0 saturated carbocycles. The van der Waals surface area contributed by atoms with E-state index in [0.29, 0.717) is 12.2 Å². The second-order valence-electron chi connectivity index (χ2n) is 5.05. The lowest BCUT2D eigenvalue weighted by molar-refractivity contribution is -0.384. The van der Waals surface area contributed by atoms with E-state index in [1.807, 2.05) is 20.8 Å². The van der Waals surface area contributed by atoms with Crippen LogP contribution < -0.4 is 4.74 Å². The molecule has 0 unspecified atom stereocenters. The predicted octanol–water partition coefficient (Wildman–Crippen LogP) is 4.11. The molecule has 106 valence electrons. The number of non-ortho nitro benzene ring substituents is 1. The van der Waals surface area contributed by atoms with Crippen LogP contribution in [0.4, 0.5) is 5.69 Å². The Bertz CT molecular complexity index is 536. The van der Waals surface area contributed by atoms with Crippen LogP contribution in [0.15, 0.2) is 35.9 Å². The van der Waals surface area contributed by atoms with Gasteiger partial charge in [-0.1, -0.05) is 17.6 Å². The maximum absolute atomic E-state index is 10.6. The van der Waals surface area contributed by atoms with Crippen molar-refractivity contribution >= 4 is 5.69 Å². The normalized spacial score (nSPS) is 12.9. The van der Waals surface area contributed by atoms with E-state index in [0.717, 1.165) is 6.42 Å². The van der Waals surface area contributed by atoms with Gasteiger partial charge in [-0.05, 0) is 39.3 Å². The van der Waals surface area contributed by atoms with Gasteiger partial charge in [0, 0.05) is 18.6 Å². The highest BCUT2D eigenvalue weighted by atomic mass is 16.6. The standard InChI is InChI=1S/C16H19NO3/c1-5-16(4,12-6-7-13(2)3)20-15-10-8-14(9-11-15)17(18)19/h1,7-11H,6,12H2,2-4H3/t16-/m1/s1. The van der Waals surface area contributed by atoms with Crippen LogP contribution in [-0.4, -0.2) is 10.5 Å². The van der Waals surface area contributed by atoms with Crippen LogP contribution >= 0.6 is 0 Å². The van der Waals surface area contributed by atoms with Gasteiger partial charge in [0.15, 0.2) is 5.60 Å². The molecule has 0 fully saturated rings. The Kier molecular flexibility index (Phi) is 5.33. The Morgan fingerprint density at radius 2 is 2.05 bits per heavy atom. The van der Waals surface area contributed by atoms with E-state index in [1.54, 1.807) is 12.1 Å². The topological polar surface area (TPSA) is 52.4 Å². The molecule has 1 atom stereocenters. The number of ether oxygens (including phenoxy) is 1. The van der Waals surface area contributed by atoms with E-state index < -0.39 is 10.5 Å². The summed E-state index contributed by atoms with van der Waals surface area (Å²) in [5, 5.41) is 10.6. The maximum atomic E-state index is 10.6. The lowest BCUT2D eigenvalue weighted by atomic mass is 10.00. The van der Waals surface area contributed by atoms with E-state index >= 15 is 0 Å². The Hall–Kier alpha value is -2.28. The molecule has 0 aliphatic heterocycles. The number of benzene rings is 1. The molecule has 0 aromatic heterocycles. The summed E-state index contributed by atoms with van der Waals surface area (Å²) in [7, 11) is 0. The number of nitro benzene ring substituents is 1. The third kappa shape index (κ3) is 4.77. The molecule has 0 bridgehead atoms. The minimum atomic E-state index is -0.720. The molecule has 0 amide bonds. The van der Waals surface area contributed by atoms with Crippen molar-refractivity contribution in [3.8, 4) is 18.1 Å². The number of terminal acetylenes is 1. The molecule has 0 spiro atoms. The summed E-state index contributed by atoms with van der Waals surface area (Å²) in [5.74, 6) is 3.19. The number of hydrogen-bond donors (Lipinski definition) is 0. The molecule has 0 N–H and O–H groups in total. The molecule has 0 saturated heterocycles. The average Bonchev–Trinajstić information content (AvgIpc) is 2.39. The molecular formula is C16H19NO3. The summed E-state index contributed by atoms with van der Waals surface area (Å²) in [6, 6.07) is 5.94. The fourth-order valence-electron chi connectivity index (χ4n) is 1.68. The summed E-state index contributed by atoms with van der Waals surface area (Å²) in [6.07, 6.45) is 9.17. The summed E-state index contributed by atoms with van der Waals surface area (Å²) in [4.78, 5) is 10.1. The highest BCUT2D eigenvalue weighted by Gasteiger charge is 2.22. The number of rotatable bonds is 6. The summed E-state index contributed by atoms with van der Waals surface area (Å²) >= 11 is 0. The van der Waals surface area contributed by atoms with Gasteiger partial charge in [0.05, 0.1) is 4.92 Å². The molecule has 4 nitrogen and oxygen atoms in total. The third-order valence-corrected chi connectivity index (χ3v) is 2.87. The SMILES string of the molecule is C#C[C@](C)(CCC=C(C)C)Oc1ccc([N+](=O)[O-])cc1. The zero-order chi connectivity index (χ0) is 15.2. The molecule has 0 heterocycles. The van der Waals surface area contributed by atoms with E-state index in [-0.39, 0.29) is 5.69 Å². The van der Waals surface area contributed by atoms with Gasteiger partial charge >= 0.3 is 0 Å². The van der Waals surface area contributed by atoms with Crippen molar-refractivity contribution in [1.82, 2.24) is 0 Å². The van der Waals surface area contributed by atoms with E-state index in [1.165, 1.54) is 17.7 Å². The molecular weight excluding hydrogens is 254 g/mol. The van der Waals surface area contributed by atoms with Gasteiger partial charge in [0.2, 0.25) is 0 Å². The maximum Gasteiger partial charge on any atom is 0.269 e. The van der Waals surface area contributed by atoms with Crippen molar-refractivity contribution in [3.63, 3.8) is 0 Å². The number of nitro groups is 1. The zero-order valence-corrected chi connectivity index (χ0v) is 12.1. The summed E-state index contributed by atoms with van der Waals surface area (Å²) in [5.41, 5.74) is 0.547. The van der Waals surface area contributed by atoms with Crippen LogP contribution in [0, 0.1) is 22.5 Å². The smallest absolute Gasteiger partial charge is 0.269 e.